The number of phenolic OH excluding ortho intramolecular Hbond substituents is 1. The number of phenols is 1. The number of carbonyl (C=O) groups is 1. The molecule has 8 heteroatoms. The summed E-state index contributed by atoms with van der Waals surface area (Å²) in [6.45, 7) is 0. The maximum Gasteiger partial charge on any atom is 0.259 e. The zero-order chi connectivity index (χ0) is 38.7. The number of nitrogens with one attached hydrogen (secondary N) is 2. The van der Waals surface area contributed by atoms with E-state index in [1.54, 1.807) is 30.3 Å². The average molecular weight is 743 g/mol. The number of H-pyrrole nitrogens is 1. The molecule has 0 bridgehead atoms. The number of hydrogen-bond donors (Lipinski definition) is 4. The molecule has 57 heavy (non-hydrogen) atoms. The molecule has 8 aromatic carbocycles. The molecule has 5 N–H and O–H groups in total. The monoisotopic (exact) mass is 742 g/mol. The standard InChI is InChI=1S/C49H38N6O2/c50-35-22-26-37(27-23-35)53-54-47-45-34(21-30-42-41-13-7-8-14-44(41)52-46(42)45)31-43(48(47)56)49(57)51-36-24-17-32(18-25-36)15-16-33-19-28-40(29-20-33)55(38-9-3-1-4-10-38)39-11-5-2-6-12-39/h1-14,17-31,52,56H,15-16,50H2,(H,51,57). The molecule has 0 saturated carbocycles. The van der Waals surface area contributed by atoms with Gasteiger partial charge in [-0.25, -0.2) is 0 Å². The van der Waals surface area contributed by atoms with E-state index in [1.165, 1.54) is 5.56 Å². The Morgan fingerprint density at radius 2 is 1.23 bits per heavy atom. The van der Waals surface area contributed by atoms with E-state index < -0.39 is 5.91 Å². The first-order chi connectivity index (χ1) is 28.0. The Labute approximate surface area is 329 Å². The third-order valence-electron chi connectivity index (χ3n) is 10.3. The van der Waals surface area contributed by atoms with Crippen LogP contribution in [0.25, 0.3) is 32.6 Å². The third kappa shape index (κ3) is 7.15. The fourth-order valence-electron chi connectivity index (χ4n) is 7.35. The first-order valence-corrected chi connectivity index (χ1v) is 18.8. The number of hydrogen-bond acceptors (Lipinski definition) is 6. The van der Waals surface area contributed by atoms with Crippen molar-refractivity contribution in [2.24, 2.45) is 10.2 Å². The molecule has 1 heterocycles. The van der Waals surface area contributed by atoms with Gasteiger partial charge >= 0.3 is 0 Å². The predicted octanol–water partition coefficient (Wildman–Crippen LogP) is 12.7. The number of nitrogen functional groups attached to an aromatic ring is 1. The van der Waals surface area contributed by atoms with Crippen molar-refractivity contribution in [2.45, 2.75) is 12.8 Å². The van der Waals surface area contributed by atoms with Crippen LogP contribution in [0.4, 0.5) is 39.8 Å². The molecule has 1 aromatic heterocycles. The lowest BCUT2D eigenvalue weighted by atomic mass is 10.00. The highest BCUT2D eigenvalue weighted by molar-refractivity contribution is 6.22. The number of rotatable bonds is 10. The summed E-state index contributed by atoms with van der Waals surface area (Å²) < 4.78 is 0. The quantitative estimate of drug-likeness (QED) is 0.0823. The second-order valence-corrected chi connectivity index (χ2v) is 14.0. The topological polar surface area (TPSA) is 119 Å². The van der Waals surface area contributed by atoms with E-state index in [1.807, 2.05) is 72.8 Å². The number of aromatic hydroxyl groups is 1. The van der Waals surface area contributed by atoms with Gasteiger partial charge in [-0.2, -0.15) is 5.11 Å². The molecular weight excluding hydrogens is 705 g/mol. The van der Waals surface area contributed by atoms with Crippen LogP contribution in [0.5, 0.6) is 5.75 Å². The van der Waals surface area contributed by atoms with Gasteiger partial charge in [0, 0.05) is 50.1 Å². The maximum atomic E-state index is 13.8. The molecule has 0 atom stereocenters. The molecule has 0 radical (unpaired) electrons. The molecule has 276 valence electrons. The van der Waals surface area contributed by atoms with Crippen molar-refractivity contribution in [3.63, 3.8) is 0 Å². The van der Waals surface area contributed by atoms with Gasteiger partial charge in [0.15, 0.2) is 5.75 Å². The lowest BCUT2D eigenvalue weighted by molar-refractivity contribution is 0.102. The van der Waals surface area contributed by atoms with Gasteiger partial charge in [-0.1, -0.05) is 91.0 Å². The highest BCUT2D eigenvalue weighted by atomic mass is 16.3. The number of para-hydroxylation sites is 3. The summed E-state index contributed by atoms with van der Waals surface area (Å²) in [5, 5.41) is 27.1. The van der Waals surface area contributed by atoms with Gasteiger partial charge in [0.2, 0.25) is 0 Å². The Morgan fingerprint density at radius 3 is 1.89 bits per heavy atom. The molecule has 0 saturated heterocycles. The van der Waals surface area contributed by atoms with Gasteiger partial charge in [-0.05, 0) is 114 Å². The number of nitrogens with zero attached hydrogens (tertiary/aromatic N) is 3. The SMILES string of the molecule is Nc1ccc(N=Nc2c(O)c(C(=O)Nc3ccc(CCc4ccc(N(c5ccccc5)c5ccccc5)cc4)cc3)cc3ccc4c5ccccc5[nH]c4c23)cc1. The van der Waals surface area contributed by atoms with Crippen LogP contribution < -0.4 is 16.0 Å². The van der Waals surface area contributed by atoms with Crippen LogP contribution in [-0.2, 0) is 12.8 Å². The van der Waals surface area contributed by atoms with E-state index >= 15 is 0 Å². The lowest BCUT2D eigenvalue weighted by Gasteiger charge is -2.25. The van der Waals surface area contributed by atoms with Crippen LogP contribution in [0.2, 0.25) is 0 Å². The summed E-state index contributed by atoms with van der Waals surface area (Å²) in [5.41, 5.74) is 15.4. The normalized spacial score (nSPS) is 11.4. The Bertz CT molecular complexity index is 2850. The minimum absolute atomic E-state index is 0.0924. The lowest BCUT2D eigenvalue weighted by Crippen LogP contribution is -2.12. The molecule has 0 fully saturated rings. The molecule has 1 amide bonds. The number of aromatic nitrogens is 1. The van der Waals surface area contributed by atoms with Crippen LogP contribution in [0.1, 0.15) is 21.5 Å². The second kappa shape index (κ2) is 15.2. The molecule has 8 nitrogen and oxygen atoms in total. The van der Waals surface area contributed by atoms with Crippen LogP contribution in [0, 0.1) is 0 Å². The Balaban J connectivity index is 0.940. The number of fused-ring (bicyclic) bond motifs is 5. The van der Waals surface area contributed by atoms with Gasteiger partial charge in [0.05, 0.1) is 16.8 Å². The summed E-state index contributed by atoms with van der Waals surface area (Å²) in [6, 6.07) is 58.0. The Morgan fingerprint density at radius 1 is 0.632 bits per heavy atom. The van der Waals surface area contributed by atoms with Crippen molar-refractivity contribution in [3.8, 4) is 5.75 Å². The third-order valence-corrected chi connectivity index (χ3v) is 10.3. The summed E-state index contributed by atoms with van der Waals surface area (Å²) in [4.78, 5) is 19.6. The second-order valence-electron chi connectivity index (χ2n) is 14.0. The number of carbonyl (C=O) groups excluding carboxylic acids is 1. The van der Waals surface area contributed by atoms with Crippen LogP contribution in [0.15, 0.2) is 186 Å². The smallest absolute Gasteiger partial charge is 0.259 e. The Hall–Kier alpha value is -7.71. The van der Waals surface area contributed by atoms with Crippen molar-refractivity contribution in [1.82, 2.24) is 4.98 Å². The van der Waals surface area contributed by atoms with E-state index in [0.29, 0.717) is 22.4 Å². The summed E-state index contributed by atoms with van der Waals surface area (Å²) in [5.74, 6) is -0.716. The number of benzene rings is 8. The minimum atomic E-state index is -0.456. The summed E-state index contributed by atoms with van der Waals surface area (Å²) in [6.07, 6.45) is 1.70. The number of anilines is 5. The minimum Gasteiger partial charge on any atom is -0.505 e. The number of amides is 1. The van der Waals surface area contributed by atoms with Crippen LogP contribution >= 0.6 is 0 Å². The van der Waals surface area contributed by atoms with E-state index in [2.05, 4.69) is 98.2 Å². The number of aryl methyl sites for hydroxylation is 2. The average Bonchev–Trinajstić information content (AvgIpc) is 3.64. The van der Waals surface area contributed by atoms with Crippen molar-refractivity contribution in [3.05, 3.63) is 193 Å². The van der Waals surface area contributed by atoms with E-state index in [-0.39, 0.29) is 17.0 Å². The van der Waals surface area contributed by atoms with Gasteiger partial charge < -0.3 is 26.0 Å². The molecule has 0 aliphatic heterocycles. The highest BCUT2D eigenvalue weighted by Crippen LogP contribution is 2.44. The van der Waals surface area contributed by atoms with Gasteiger partial charge in [-0.3, -0.25) is 4.79 Å². The maximum absolute atomic E-state index is 13.8. The molecule has 0 aliphatic rings. The number of aromatic amines is 1. The van der Waals surface area contributed by atoms with Crippen molar-refractivity contribution in [2.75, 3.05) is 16.0 Å². The predicted molar refractivity (Wildman–Crippen MR) is 233 cm³/mol. The van der Waals surface area contributed by atoms with Gasteiger partial charge in [0.1, 0.15) is 5.69 Å². The van der Waals surface area contributed by atoms with Gasteiger partial charge in [-0.15, -0.1) is 5.11 Å². The van der Waals surface area contributed by atoms with Crippen LogP contribution in [-0.4, -0.2) is 16.0 Å². The van der Waals surface area contributed by atoms with Crippen molar-refractivity contribution < 1.29 is 9.90 Å². The first kappa shape index (κ1) is 35.0. The fraction of sp³-hybridized carbons (Fsp3) is 0.0408. The van der Waals surface area contributed by atoms with E-state index in [4.69, 9.17) is 5.73 Å². The summed E-state index contributed by atoms with van der Waals surface area (Å²) >= 11 is 0. The first-order valence-electron chi connectivity index (χ1n) is 18.8. The summed E-state index contributed by atoms with van der Waals surface area (Å²) in [7, 11) is 0. The van der Waals surface area contributed by atoms with Crippen molar-refractivity contribution in [1.29, 1.82) is 0 Å². The zero-order valence-corrected chi connectivity index (χ0v) is 30.9. The van der Waals surface area contributed by atoms with E-state index in [0.717, 1.165) is 62.7 Å². The van der Waals surface area contributed by atoms with Crippen LogP contribution in [0.3, 0.4) is 0 Å². The molecule has 9 aromatic rings. The number of nitrogens with two attached hydrogens (primary N) is 1. The fourth-order valence-corrected chi connectivity index (χ4v) is 7.35. The molecule has 9 rings (SSSR count). The van der Waals surface area contributed by atoms with Gasteiger partial charge in [0.25, 0.3) is 5.91 Å². The molecule has 0 unspecified atom stereocenters. The zero-order valence-electron chi connectivity index (χ0n) is 30.9. The van der Waals surface area contributed by atoms with E-state index in [9.17, 15) is 9.90 Å². The highest BCUT2D eigenvalue weighted by Gasteiger charge is 2.22. The van der Waals surface area contributed by atoms with Crippen molar-refractivity contribution >= 4 is 78.3 Å². The molecule has 0 spiro atoms. The Kier molecular flexibility index (Phi) is 9.34. The largest absolute Gasteiger partial charge is 0.505 e. The molecule has 0 aliphatic carbocycles. The molecular formula is C49H38N6O2. The number of azo groups is 1.